The minimum Gasteiger partial charge on any atom is -0.456 e. The van der Waals surface area contributed by atoms with Crippen LogP contribution in [0.15, 0.2) is 178 Å². The lowest BCUT2D eigenvalue weighted by atomic mass is 9.97. The summed E-state index contributed by atoms with van der Waals surface area (Å²) in [6, 6.07) is 56.9. The van der Waals surface area contributed by atoms with Gasteiger partial charge in [0.25, 0.3) is 0 Å². The summed E-state index contributed by atoms with van der Waals surface area (Å²) in [7, 11) is 0. The van der Waals surface area contributed by atoms with Crippen molar-refractivity contribution < 1.29 is 4.42 Å². The first-order valence-corrected chi connectivity index (χ1v) is 15.9. The van der Waals surface area contributed by atoms with Crippen molar-refractivity contribution in [2.45, 2.75) is 6.17 Å². The van der Waals surface area contributed by atoms with Crippen LogP contribution in [-0.4, -0.2) is 11.7 Å². The van der Waals surface area contributed by atoms with Crippen LogP contribution in [0.25, 0.3) is 55.0 Å². The van der Waals surface area contributed by atoms with E-state index in [1.807, 2.05) is 24.3 Å². The van der Waals surface area contributed by atoms with E-state index in [1.54, 1.807) is 0 Å². The molecular weight excluding hydrogens is 574 g/mol. The Kier molecular flexibility index (Phi) is 6.50. The summed E-state index contributed by atoms with van der Waals surface area (Å²) in [5, 5.41) is 8.09. The zero-order valence-electron chi connectivity index (χ0n) is 25.5. The minimum absolute atomic E-state index is 0.491. The van der Waals surface area contributed by atoms with Gasteiger partial charge in [-0.15, -0.1) is 0 Å². The Morgan fingerprint density at radius 3 is 1.96 bits per heavy atom. The second-order valence-corrected chi connectivity index (χ2v) is 11.8. The topological polar surface area (TPSA) is 49.9 Å². The Balaban J connectivity index is 1.23. The van der Waals surface area contributed by atoms with Crippen molar-refractivity contribution in [2.75, 3.05) is 0 Å². The second-order valence-electron chi connectivity index (χ2n) is 11.8. The predicted octanol–water partition coefficient (Wildman–Crippen LogP) is 10.6. The Morgan fingerprint density at radius 2 is 1.13 bits per heavy atom. The van der Waals surface area contributed by atoms with Gasteiger partial charge in [-0.1, -0.05) is 140 Å². The molecule has 47 heavy (non-hydrogen) atoms. The third-order valence-corrected chi connectivity index (χ3v) is 8.94. The maximum Gasteiger partial charge on any atom is 0.170 e. The molecule has 1 aromatic heterocycles. The lowest BCUT2D eigenvalue weighted by Crippen LogP contribution is -2.36. The molecular formula is C43H29N3O. The highest BCUT2D eigenvalue weighted by molar-refractivity contribution is 6.19. The summed E-state index contributed by atoms with van der Waals surface area (Å²) in [6.45, 7) is 0. The number of amidine groups is 2. The fourth-order valence-corrected chi connectivity index (χ4v) is 6.65. The molecule has 1 atom stereocenters. The fourth-order valence-electron chi connectivity index (χ4n) is 6.65. The molecule has 1 aliphatic rings. The highest BCUT2D eigenvalue weighted by Gasteiger charge is 2.25. The maximum absolute atomic E-state index is 6.48. The molecule has 0 radical (unpaired) electrons. The number of furan rings is 1. The van der Waals surface area contributed by atoms with E-state index in [0.717, 1.165) is 77.9 Å². The van der Waals surface area contributed by atoms with E-state index >= 15 is 0 Å². The largest absolute Gasteiger partial charge is 0.456 e. The molecule has 9 rings (SSSR count). The molecule has 8 aromatic rings. The van der Waals surface area contributed by atoms with Crippen molar-refractivity contribution in [2.24, 2.45) is 9.98 Å². The monoisotopic (exact) mass is 603 g/mol. The van der Waals surface area contributed by atoms with Gasteiger partial charge in [0, 0.05) is 27.5 Å². The highest BCUT2D eigenvalue weighted by atomic mass is 16.3. The van der Waals surface area contributed by atoms with Crippen LogP contribution in [-0.2, 0) is 0 Å². The van der Waals surface area contributed by atoms with Crippen LogP contribution in [0.1, 0.15) is 22.9 Å². The van der Waals surface area contributed by atoms with Crippen LogP contribution in [0, 0.1) is 0 Å². The zero-order chi connectivity index (χ0) is 31.2. The molecule has 0 fully saturated rings. The summed E-state index contributed by atoms with van der Waals surface area (Å²) in [5.74, 6) is 1.56. The first kappa shape index (κ1) is 27.1. The molecule has 1 aliphatic heterocycles. The number of rotatable bonds is 5. The third kappa shape index (κ3) is 4.88. The maximum atomic E-state index is 6.48. The van der Waals surface area contributed by atoms with Gasteiger partial charge in [0.05, 0.1) is 0 Å². The first-order chi connectivity index (χ1) is 23.3. The number of benzene rings is 7. The van der Waals surface area contributed by atoms with Crippen LogP contribution in [0.2, 0.25) is 0 Å². The number of nitrogens with zero attached hydrogens (tertiary/aromatic N) is 2. The van der Waals surface area contributed by atoms with Gasteiger partial charge in [0.15, 0.2) is 6.17 Å². The average molecular weight is 604 g/mol. The molecule has 0 saturated heterocycles. The van der Waals surface area contributed by atoms with Crippen molar-refractivity contribution in [1.29, 1.82) is 0 Å². The van der Waals surface area contributed by atoms with E-state index in [1.165, 1.54) is 5.39 Å². The molecule has 0 spiro atoms. The minimum atomic E-state index is -0.491. The molecule has 4 nitrogen and oxygen atoms in total. The summed E-state index contributed by atoms with van der Waals surface area (Å²) in [4.78, 5) is 10.6. The predicted molar refractivity (Wildman–Crippen MR) is 194 cm³/mol. The lowest BCUT2D eigenvalue weighted by Gasteiger charge is -2.24. The van der Waals surface area contributed by atoms with Crippen molar-refractivity contribution >= 4 is 44.4 Å². The molecule has 0 amide bonds. The molecule has 1 N–H and O–H groups in total. The smallest absolute Gasteiger partial charge is 0.170 e. The summed E-state index contributed by atoms with van der Waals surface area (Å²) in [6.07, 6.45) is -0.491. The molecule has 1 unspecified atom stereocenters. The molecule has 0 bridgehead atoms. The Morgan fingerprint density at radius 1 is 0.447 bits per heavy atom. The van der Waals surface area contributed by atoms with Crippen LogP contribution in [0.4, 0.5) is 0 Å². The number of nitrogens with one attached hydrogen (secondary N) is 1. The van der Waals surface area contributed by atoms with Gasteiger partial charge < -0.3 is 9.73 Å². The second kappa shape index (κ2) is 11.3. The van der Waals surface area contributed by atoms with E-state index in [-0.39, 0.29) is 0 Å². The van der Waals surface area contributed by atoms with E-state index in [2.05, 4.69) is 145 Å². The summed E-state index contributed by atoms with van der Waals surface area (Å²) < 4.78 is 6.48. The van der Waals surface area contributed by atoms with Crippen molar-refractivity contribution in [3.63, 3.8) is 0 Å². The molecule has 2 heterocycles. The average Bonchev–Trinajstić information content (AvgIpc) is 3.53. The van der Waals surface area contributed by atoms with Crippen LogP contribution < -0.4 is 5.32 Å². The number of hydrogen-bond acceptors (Lipinski definition) is 4. The Bertz CT molecular complexity index is 2490. The van der Waals surface area contributed by atoms with Gasteiger partial charge in [-0.2, -0.15) is 0 Å². The molecule has 0 saturated carbocycles. The summed E-state index contributed by atoms with van der Waals surface area (Å²) >= 11 is 0. The number of fused-ring (bicyclic) bond motifs is 4. The standard InChI is InChI=1S/C43H29N3O/c1-3-12-28(13-4-1)32-24-25-36-39(27-32)47-38-21-11-20-37(40(36)38)43-45-41(33-23-22-29-14-7-8-17-31(29)26-33)44-42(46-43)35-19-10-9-18-34(35)30-15-5-2-6-16-30/h1-27,43H,(H,44,45,46). The van der Waals surface area contributed by atoms with Gasteiger partial charge in [0.1, 0.15) is 22.8 Å². The Labute approximate surface area is 272 Å². The van der Waals surface area contributed by atoms with Crippen molar-refractivity contribution in [3.05, 3.63) is 180 Å². The van der Waals surface area contributed by atoms with E-state index in [0.29, 0.717) is 0 Å². The zero-order valence-corrected chi connectivity index (χ0v) is 25.5. The van der Waals surface area contributed by atoms with E-state index < -0.39 is 6.17 Å². The quantitative estimate of drug-likeness (QED) is 0.213. The SMILES string of the molecule is c1ccc(-c2ccc3c(c2)oc2cccc(C4N=C(c5ccc6ccccc6c5)NC(c5ccccc5-c5ccccc5)=N4)c23)cc1. The molecule has 7 aromatic carbocycles. The van der Waals surface area contributed by atoms with E-state index in [4.69, 9.17) is 14.4 Å². The lowest BCUT2D eigenvalue weighted by molar-refractivity contribution is 0.668. The van der Waals surface area contributed by atoms with E-state index in [9.17, 15) is 0 Å². The number of hydrogen-bond donors (Lipinski definition) is 1. The number of aliphatic imine (C=N–C) groups is 2. The van der Waals surface area contributed by atoms with Gasteiger partial charge >= 0.3 is 0 Å². The van der Waals surface area contributed by atoms with Gasteiger partial charge in [-0.05, 0) is 57.3 Å². The van der Waals surface area contributed by atoms with Gasteiger partial charge in [0.2, 0.25) is 0 Å². The van der Waals surface area contributed by atoms with Gasteiger partial charge in [-0.3, -0.25) is 0 Å². The summed E-state index contributed by atoms with van der Waals surface area (Å²) in [5.41, 5.74) is 9.23. The molecule has 0 aliphatic carbocycles. The van der Waals surface area contributed by atoms with Crippen LogP contribution >= 0.6 is 0 Å². The Hall–Kier alpha value is -6.26. The molecule has 222 valence electrons. The first-order valence-electron chi connectivity index (χ1n) is 15.9. The van der Waals surface area contributed by atoms with Crippen molar-refractivity contribution in [1.82, 2.24) is 5.32 Å². The highest BCUT2D eigenvalue weighted by Crippen LogP contribution is 2.39. The normalized spacial score (nSPS) is 14.6. The molecule has 4 heteroatoms. The van der Waals surface area contributed by atoms with Gasteiger partial charge in [-0.25, -0.2) is 9.98 Å². The van der Waals surface area contributed by atoms with Crippen molar-refractivity contribution in [3.8, 4) is 22.3 Å². The fraction of sp³-hybridized carbons (Fsp3) is 0.0233. The van der Waals surface area contributed by atoms with Crippen LogP contribution in [0.3, 0.4) is 0 Å². The third-order valence-electron chi connectivity index (χ3n) is 8.94. The van der Waals surface area contributed by atoms with Crippen LogP contribution in [0.5, 0.6) is 0 Å².